The predicted octanol–water partition coefficient (Wildman–Crippen LogP) is 3.04. The van der Waals surface area contributed by atoms with Crippen LogP contribution in [0.15, 0.2) is 24.3 Å². The molecule has 22 heavy (non-hydrogen) atoms. The van der Waals surface area contributed by atoms with E-state index in [1.165, 1.54) is 6.07 Å². The number of halogens is 1. The minimum atomic E-state index is -0.538. The third kappa shape index (κ3) is 2.56. The first kappa shape index (κ1) is 14.6. The fraction of sp³-hybridized carbons (Fsp3) is 0.375. The van der Waals surface area contributed by atoms with Crippen LogP contribution < -0.4 is 4.74 Å². The number of ether oxygens (including phenoxy) is 2. The molecule has 0 spiro atoms. The lowest BCUT2D eigenvalue weighted by Gasteiger charge is -2.07. The summed E-state index contributed by atoms with van der Waals surface area (Å²) in [5.41, 5.74) is 0.747. The second-order valence-electron chi connectivity index (χ2n) is 5.01. The zero-order valence-corrected chi connectivity index (χ0v) is 12.3. The number of fused-ring (bicyclic) bond motifs is 1. The molecule has 0 saturated heterocycles. The molecule has 1 aliphatic rings. The second kappa shape index (κ2) is 6.17. The van der Waals surface area contributed by atoms with E-state index < -0.39 is 11.8 Å². The summed E-state index contributed by atoms with van der Waals surface area (Å²) >= 11 is 0. The molecule has 0 bridgehead atoms. The molecule has 0 N–H and O–H groups in total. The van der Waals surface area contributed by atoms with Gasteiger partial charge in [0.2, 0.25) is 5.88 Å². The Morgan fingerprint density at radius 2 is 2.23 bits per heavy atom. The summed E-state index contributed by atoms with van der Waals surface area (Å²) in [6.07, 6.45) is 1.79. The Morgan fingerprint density at radius 1 is 1.41 bits per heavy atom. The number of benzene rings is 1. The maximum Gasteiger partial charge on any atom is 0.345 e. The third-order valence-electron chi connectivity index (χ3n) is 3.52. The number of hydrogen-bond donors (Lipinski definition) is 0. The largest absolute Gasteiger partial charge is 0.477 e. The summed E-state index contributed by atoms with van der Waals surface area (Å²) in [6, 6.07) is 6.25. The molecule has 6 heteroatoms. The molecule has 1 aliphatic heterocycles. The van der Waals surface area contributed by atoms with Crippen molar-refractivity contribution in [3.8, 4) is 17.1 Å². The summed E-state index contributed by atoms with van der Waals surface area (Å²) in [5.74, 6) is -0.598. The molecule has 0 fully saturated rings. The summed E-state index contributed by atoms with van der Waals surface area (Å²) in [7, 11) is 0. The Hall–Kier alpha value is -2.37. The van der Waals surface area contributed by atoms with Crippen molar-refractivity contribution in [2.24, 2.45) is 0 Å². The number of carbonyl (C=O) groups excluding carboxylic acids is 1. The van der Waals surface area contributed by atoms with Crippen LogP contribution in [-0.4, -0.2) is 29.0 Å². The van der Waals surface area contributed by atoms with Crippen LogP contribution in [0.2, 0.25) is 0 Å². The average molecular weight is 304 g/mol. The van der Waals surface area contributed by atoms with Gasteiger partial charge in [-0.1, -0.05) is 12.1 Å². The first-order chi connectivity index (χ1) is 10.7. The normalized spacial score (nSPS) is 13.9. The molecule has 116 valence electrons. The summed E-state index contributed by atoms with van der Waals surface area (Å²) in [6.45, 7) is 3.11. The van der Waals surface area contributed by atoms with Gasteiger partial charge in [-0.05, 0) is 31.9 Å². The molecule has 0 saturated carbocycles. The van der Waals surface area contributed by atoms with Crippen molar-refractivity contribution in [2.75, 3.05) is 13.2 Å². The molecule has 1 aromatic heterocycles. The Labute approximate surface area is 127 Å². The highest BCUT2D eigenvalue weighted by Gasteiger charge is 2.29. The zero-order valence-electron chi connectivity index (χ0n) is 12.3. The lowest BCUT2D eigenvalue weighted by atomic mass is 10.1. The maximum absolute atomic E-state index is 14.1. The van der Waals surface area contributed by atoms with Crippen LogP contribution in [0.4, 0.5) is 4.39 Å². The van der Waals surface area contributed by atoms with E-state index in [4.69, 9.17) is 9.47 Å². The average Bonchev–Trinajstić information content (AvgIpc) is 2.71. The van der Waals surface area contributed by atoms with Crippen molar-refractivity contribution in [2.45, 2.75) is 26.3 Å². The van der Waals surface area contributed by atoms with Crippen molar-refractivity contribution >= 4 is 5.97 Å². The smallest absolute Gasteiger partial charge is 0.345 e. The quantitative estimate of drug-likeness (QED) is 0.818. The van der Waals surface area contributed by atoms with E-state index in [0.717, 1.165) is 12.8 Å². The van der Waals surface area contributed by atoms with Gasteiger partial charge in [-0.3, -0.25) is 0 Å². The fourth-order valence-electron chi connectivity index (χ4n) is 2.51. The van der Waals surface area contributed by atoms with Crippen LogP contribution >= 0.6 is 0 Å². The van der Waals surface area contributed by atoms with E-state index in [1.807, 2.05) is 0 Å². The van der Waals surface area contributed by atoms with Gasteiger partial charge in [-0.15, -0.1) is 0 Å². The molecule has 0 aliphatic carbocycles. The molecule has 0 unspecified atom stereocenters. The molecular formula is C16H17FN2O3. The Bertz CT molecular complexity index is 697. The summed E-state index contributed by atoms with van der Waals surface area (Å²) in [4.78, 5) is 12.3. The number of aryl methyl sites for hydroxylation is 1. The van der Waals surface area contributed by atoms with Gasteiger partial charge in [-0.2, -0.15) is 5.10 Å². The highest BCUT2D eigenvalue weighted by Crippen LogP contribution is 2.34. The minimum Gasteiger partial charge on any atom is -0.477 e. The molecule has 5 nitrogen and oxygen atoms in total. The van der Waals surface area contributed by atoms with Crippen LogP contribution in [-0.2, 0) is 11.3 Å². The number of aromatic nitrogens is 2. The van der Waals surface area contributed by atoms with Crippen LogP contribution in [0.1, 0.15) is 30.1 Å². The van der Waals surface area contributed by atoms with Crippen LogP contribution in [0.5, 0.6) is 5.88 Å². The van der Waals surface area contributed by atoms with E-state index in [2.05, 4.69) is 5.10 Å². The van der Waals surface area contributed by atoms with E-state index in [0.29, 0.717) is 19.0 Å². The molecule has 1 aromatic carbocycles. The minimum absolute atomic E-state index is 0.203. The summed E-state index contributed by atoms with van der Waals surface area (Å²) in [5, 5.41) is 4.40. The number of rotatable bonds is 3. The molecule has 0 atom stereocenters. The van der Waals surface area contributed by atoms with Gasteiger partial charge in [-0.25, -0.2) is 13.9 Å². The van der Waals surface area contributed by atoms with Crippen molar-refractivity contribution in [3.05, 3.63) is 35.6 Å². The lowest BCUT2D eigenvalue weighted by molar-refractivity contribution is 0.0522. The van der Waals surface area contributed by atoms with Crippen molar-refractivity contribution in [1.82, 2.24) is 9.78 Å². The Kier molecular flexibility index (Phi) is 4.09. The SMILES string of the molecule is CCOC(=O)c1c(-c2ccccc2F)nn2c1OCCCC2. The van der Waals surface area contributed by atoms with E-state index in [9.17, 15) is 9.18 Å². The molecule has 2 aromatic rings. The van der Waals surface area contributed by atoms with E-state index in [-0.39, 0.29) is 23.4 Å². The highest BCUT2D eigenvalue weighted by molar-refractivity contribution is 5.98. The molecule has 0 amide bonds. The van der Waals surface area contributed by atoms with E-state index >= 15 is 0 Å². The Balaban J connectivity index is 2.17. The van der Waals surface area contributed by atoms with Crippen LogP contribution in [0.3, 0.4) is 0 Å². The lowest BCUT2D eigenvalue weighted by Crippen LogP contribution is -2.09. The standard InChI is InChI=1S/C16H17FN2O3/c1-2-21-16(20)13-14(11-7-3-4-8-12(11)17)18-19-9-5-6-10-22-15(13)19/h3-4,7-8H,2,5-6,9-10H2,1H3. The Morgan fingerprint density at radius 3 is 3.00 bits per heavy atom. The predicted molar refractivity (Wildman–Crippen MR) is 78.3 cm³/mol. The number of hydrogen-bond acceptors (Lipinski definition) is 4. The molecular weight excluding hydrogens is 287 g/mol. The number of carbonyl (C=O) groups is 1. The monoisotopic (exact) mass is 304 g/mol. The van der Waals surface area contributed by atoms with Gasteiger partial charge in [0.25, 0.3) is 0 Å². The van der Waals surface area contributed by atoms with Crippen molar-refractivity contribution in [3.63, 3.8) is 0 Å². The fourth-order valence-corrected chi connectivity index (χ4v) is 2.51. The van der Waals surface area contributed by atoms with Gasteiger partial charge in [0.05, 0.1) is 13.2 Å². The molecule has 0 radical (unpaired) electrons. The third-order valence-corrected chi connectivity index (χ3v) is 3.52. The van der Waals surface area contributed by atoms with Gasteiger partial charge < -0.3 is 9.47 Å². The second-order valence-corrected chi connectivity index (χ2v) is 5.01. The highest BCUT2D eigenvalue weighted by atomic mass is 19.1. The van der Waals surface area contributed by atoms with Gasteiger partial charge in [0.1, 0.15) is 17.1 Å². The van der Waals surface area contributed by atoms with Crippen LogP contribution in [0.25, 0.3) is 11.3 Å². The topological polar surface area (TPSA) is 53.3 Å². The number of nitrogens with zero attached hydrogens (tertiary/aromatic N) is 2. The van der Waals surface area contributed by atoms with E-state index in [1.54, 1.807) is 29.8 Å². The van der Waals surface area contributed by atoms with Gasteiger partial charge in [0, 0.05) is 12.1 Å². The molecule has 2 heterocycles. The van der Waals surface area contributed by atoms with Gasteiger partial charge in [0.15, 0.2) is 0 Å². The first-order valence-corrected chi connectivity index (χ1v) is 7.38. The van der Waals surface area contributed by atoms with Gasteiger partial charge >= 0.3 is 5.97 Å². The first-order valence-electron chi connectivity index (χ1n) is 7.38. The van der Waals surface area contributed by atoms with Crippen molar-refractivity contribution < 1.29 is 18.7 Å². The summed E-state index contributed by atoms with van der Waals surface area (Å²) < 4.78 is 26.5. The molecule has 3 rings (SSSR count). The maximum atomic E-state index is 14.1. The van der Waals surface area contributed by atoms with Crippen LogP contribution in [0, 0.1) is 5.82 Å². The zero-order chi connectivity index (χ0) is 15.5. The van der Waals surface area contributed by atoms with Crippen molar-refractivity contribution in [1.29, 1.82) is 0 Å². The number of esters is 1.